The molecule has 0 aromatic rings. The van der Waals surface area contributed by atoms with E-state index in [0.29, 0.717) is 32.7 Å². The maximum atomic E-state index is 12.0. The molecule has 0 aromatic carbocycles. The van der Waals surface area contributed by atoms with Gasteiger partial charge in [0.05, 0.1) is 12.5 Å². The predicted octanol–water partition coefficient (Wildman–Crippen LogP) is 1.95. The third kappa shape index (κ3) is 6.33. The highest BCUT2D eigenvalue weighted by Crippen LogP contribution is 2.22. The summed E-state index contributed by atoms with van der Waals surface area (Å²) in [5, 5.41) is 11.9. The minimum Gasteiger partial charge on any atom is -0.481 e. The van der Waals surface area contributed by atoms with E-state index in [2.05, 4.69) is 19.2 Å². The summed E-state index contributed by atoms with van der Waals surface area (Å²) >= 11 is 0. The van der Waals surface area contributed by atoms with E-state index in [4.69, 9.17) is 9.84 Å². The lowest BCUT2D eigenvalue weighted by Crippen LogP contribution is -2.47. The van der Waals surface area contributed by atoms with Crippen molar-refractivity contribution in [2.75, 3.05) is 33.4 Å². The maximum Gasteiger partial charge on any atom is 0.317 e. The molecule has 6 heteroatoms. The fourth-order valence-corrected chi connectivity index (χ4v) is 2.70. The summed E-state index contributed by atoms with van der Waals surface area (Å²) in [6.45, 7) is 6.55. The molecule has 0 bridgehead atoms. The first-order valence-electron chi connectivity index (χ1n) is 7.60. The normalized spacial score (nSPS) is 19.4. The minimum absolute atomic E-state index is 0.110. The number of hydrogen-bond donors (Lipinski definition) is 2. The van der Waals surface area contributed by atoms with Crippen molar-refractivity contribution in [2.45, 2.75) is 39.5 Å². The molecule has 0 aromatic heterocycles. The van der Waals surface area contributed by atoms with Crippen molar-refractivity contribution in [1.82, 2.24) is 10.2 Å². The average Bonchev–Trinajstić information content (AvgIpc) is 2.43. The number of urea groups is 1. The van der Waals surface area contributed by atoms with Gasteiger partial charge in [-0.05, 0) is 31.1 Å². The molecule has 1 aliphatic heterocycles. The van der Waals surface area contributed by atoms with Gasteiger partial charge in [0, 0.05) is 26.7 Å². The van der Waals surface area contributed by atoms with Gasteiger partial charge in [0.25, 0.3) is 0 Å². The second kappa shape index (κ2) is 8.22. The van der Waals surface area contributed by atoms with Crippen molar-refractivity contribution < 1.29 is 19.4 Å². The number of carboxylic acid groups (broad SMARTS) is 1. The van der Waals surface area contributed by atoms with Crippen molar-refractivity contribution in [1.29, 1.82) is 0 Å². The zero-order valence-electron chi connectivity index (χ0n) is 13.4. The second-order valence-electron chi connectivity index (χ2n) is 6.56. The van der Waals surface area contributed by atoms with E-state index in [-0.39, 0.29) is 11.4 Å². The molecule has 1 aliphatic rings. The van der Waals surface area contributed by atoms with E-state index in [9.17, 15) is 9.59 Å². The summed E-state index contributed by atoms with van der Waals surface area (Å²) in [6.07, 6.45) is 3.27. The lowest BCUT2D eigenvalue weighted by molar-refractivity contribution is -0.143. The van der Waals surface area contributed by atoms with E-state index in [1.165, 1.54) is 0 Å². The molecule has 1 unspecified atom stereocenters. The number of likely N-dealkylation sites (tertiary alicyclic amines) is 1. The van der Waals surface area contributed by atoms with Crippen LogP contribution in [-0.2, 0) is 9.53 Å². The maximum absolute atomic E-state index is 12.0. The van der Waals surface area contributed by atoms with Crippen molar-refractivity contribution >= 4 is 12.0 Å². The Kier molecular flexibility index (Phi) is 6.95. The zero-order chi connectivity index (χ0) is 15.9. The quantitative estimate of drug-likeness (QED) is 0.704. The van der Waals surface area contributed by atoms with Crippen molar-refractivity contribution in [3.8, 4) is 0 Å². The molecule has 21 heavy (non-hydrogen) atoms. The molecule has 0 radical (unpaired) electrons. The number of carboxylic acids is 1. The first-order valence-corrected chi connectivity index (χ1v) is 7.60. The number of nitrogens with one attached hydrogen (secondary N) is 1. The monoisotopic (exact) mass is 300 g/mol. The summed E-state index contributed by atoms with van der Waals surface area (Å²) in [5.41, 5.74) is 0.110. The van der Waals surface area contributed by atoms with E-state index >= 15 is 0 Å². The van der Waals surface area contributed by atoms with Crippen LogP contribution < -0.4 is 5.32 Å². The predicted molar refractivity (Wildman–Crippen MR) is 80.2 cm³/mol. The van der Waals surface area contributed by atoms with E-state index in [1.807, 2.05) is 0 Å². The van der Waals surface area contributed by atoms with Crippen molar-refractivity contribution in [3.63, 3.8) is 0 Å². The molecular weight excluding hydrogens is 272 g/mol. The first kappa shape index (κ1) is 17.8. The number of nitrogens with zero attached hydrogens (tertiary/aromatic N) is 1. The summed E-state index contributed by atoms with van der Waals surface area (Å²) in [6, 6.07) is -0.148. The Balaban J connectivity index is 2.26. The Morgan fingerprint density at radius 3 is 2.76 bits per heavy atom. The summed E-state index contributed by atoms with van der Waals surface area (Å²) < 4.78 is 5.16. The van der Waals surface area contributed by atoms with E-state index in [0.717, 1.165) is 19.3 Å². The van der Waals surface area contributed by atoms with Crippen LogP contribution in [0.15, 0.2) is 0 Å². The van der Waals surface area contributed by atoms with Crippen LogP contribution in [0.4, 0.5) is 4.79 Å². The number of amides is 2. The fourth-order valence-electron chi connectivity index (χ4n) is 2.70. The van der Waals surface area contributed by atoms with Gasteiger partial charge in [0.2, 0.25) is 0 Å². The van der Waals surface area contributed by atoms with Gasteiger partial charge >= 0.3 is 12.0 Å². The Labute approximate surface area is 126 Å². The fraction of sp³-hybridized carbons (Fsp3) is 0.867. The minimum atomic E-state index is -0.811. The number of aliphatic carboxylic acids is 1. The van der Waals surface area contributed by atoms with Gasteiger partial charge in [-0.25, -0.2) is 4.79 Å². The molecule has 1 saturated heterocycles. The van der Waals surface area contributed by atoms with Gasteiger partial charge in [-0.3, -0.25) is 4.79 Å². The molecule has 0 aliphatic carbocycles. The highest BCUT2D eigenvalue weighted by atomic mass is 16.5. The molecule has 1 atom stereocenters. The highest BCUT2D eigenvalue weighted by molar-refractivity contribution is 5.76. The smallest absolute Gasteiger partial charge is 0.317 e. The number of piperidine rings is 1. The van der Waals surface area contributed by atoms with E-state index < -0.39 is 11.9 Å². The molecule has 0 spiro atoms. The lowest BCUT2D eigenvalue weighted by Gasteiger charge is -2.31. The number of carbonyl (C=O) groups is 2. The second-order valence-corrected chi connectivity index (χ2v) is 6.56. The number of methoxy groups -OCH3 is 1. The lowest BCUT2D eigenvalue weighted by atomic mass is 9.89. The zero-order valence-corrected chi connectivity index (χ0v) is 13.4. The number of ether oxygens (including phenoxy) is 1. The molecule has 122 valence electrons. The van der Waals surface area contributed by atoms with Crippen LogP contribution in [0, 0.1) is 11.3 Å². The van der Waals surface area contributed by atoms with Crippen LogP contribution in [0.2, 0.25) is 0 Å². The Morgan fingerprint density at radius 1 is 1.43 bits per heavy atom. The molecule has 1 fully saturated rings. The van der Waals surface area contributed by atoms with Crippen molar-refractivity contribution in [2.24, 2.45) is 11.3 Å². The standard InChI is InChI=1S/C15H28N2O4/c1-15(2,11-21-3)7-5-8-16-14(20)17-9-4-6-12(10-17)13(18)19/h12H,4-11H2,1-3H3,(H,16,20)(H,18,19). The van der Waals surface area contributed by atoms with Gasteiger partial charge in [-0.15, -0.1) is 0 Å². The van der Waals surface area contributed by atoms with Gasteiger partial charge in [-0.2, -0.15) is 0 Å². The first-order chi connectivity index (χ1) is 9.85. The van der Waals surface area contributed by atoms with Crippen LogP contribution in [0.25, 0.3) is 0 Å². The number of carbonyl (C=O) groups excluding carboxylic acids is 1. The molecule has 2 amide bonds. The van der Waals surface area contributed by atoms with Gasteiger partial charge in [0.15, 0.2) is 0 Å². The summed E-state index contributed by atoms with van der Waals surface area (Å²) in [4.78, 5) is 24.6. The number of rotatable bonds is 7. The topological polar surface area (TPSA) is 78.9 Å². The molecule has 2 N–H and O–H groups in total. The molecule has 6 nitrogen and oxygen atoms in total. The van der Waals surface area contributed by atoms with E-state index in [1.54, 1.807) is 12.0 Å². The van der Waals surface area contributed by atoms with Crippen LogP contribution in [0.3, 0.4) is 0 Å². The summed E-state index contributed by atoms with van der Waals surface area (Å²) in [7, 11) is 1.69. The Hall–Kier alpha value is -1.30. The van der Waals surface area contributed by atoms with Gasteiger partial charge < -0.3 is 20.1 Å². The molecule has 0 saturated carbocycles. The van der Waals surface area contributed by atoms with Gasteiger partial charge in [-0.1, -0.05) is 13.8 Å². The van der Waals surface area contributed by atoms with Crippen LogP contribution in [0.5, 0.6) is 0 Å². The Morgan fingerprint density at radius 2 is 2.14 bits per heavy atom. The SMILES string of the molecule is COCC(C)(C)CCCNC(=O)N1CCCC(C(=O)O)C1. The summed E-state index contributed by atoms with van der Waals surface area (Å²) in [5.74, 6) is -1.24. The third-order valence-corrected chi connectivity index (χ3v) is 3.90. The van der Waals surface area contributed by atoms with Crippen LogP contribution in [-0.4, -0.2) is 55.4 Å². The third-order valence-electron chi connectivity index (χ3n) is 3.90. The van der Waals surface area contributed by atoms with Gasteiger partial charge in [0.1, 0.15) is 0 Å². The number of hydrogen-bond acceptors (Lipinski definition) is 3. The van der Waals surface area contributed by atoms with Crippen molar-refractivity contribution in [3.05, 3.63) is 0 Å². The van der Waals surface area contributed by atoms with Crippen LogP contribution in [0.1, 0.15) is 39.5 Å². The molecule has 1 heterocycles. The largest absolute Gasteiger partial charge is 0.481 e. The molecular formula is C15H28N2O4. The Bertz CT molecular complexity index is 358. The molecule has 1 rings (SSSR count). The highest BCUT2D eigenvalue weighted by Gasteiger charge is 2.28. The average molecular weight is 300 g/mol. The van der Waals surface area contributed by atoms with Crippen LogP contribution >= 0.6 is 0 Å².